The van der Waals surface area contributed by atoms with Crippen LogP contribution in [0.4, 0.5) is 4.79 Å². The Bertz CT molecular complexity index is 110. The lowest BCUT2D eigenvalue weighted by Crippen LogP contribution is -2.31. The van der Waals surface area contributed by atoms with Crippen molar-refractivity contribution < 1.29 is 4.79 Å². The number of hydrogen-bond acceptors (Lipinski definition) is 1. The molecule has 0 heterocycles. The van der Waals surface area contributed by atoms with Gasteiger partial charge in [-0.05, 0) is 13.8 Å². The van der Waals surface area contributed by atoms with E-state index in [0.29, 0.717) is 6.54 Å². The highest BCUT2D eigenvalue weighted by atomic mass is 16.2. The fraction of sp³-hybridized carbons (Fsp3) is 0.500. The standard InChI is InChI=1S/C6H12N2O/c1-3-5-8-6(9)7-4-2/h3,5H,4H2,1-2H3,(H2,7,8,9)/b5-3+. The molecule has 0 aliphatic rings. The molecule has 0 radical (unpaired) electrons. The van der Waals surface area contributed by atoms with E-state index < -0.39 is 0 Å². The van der Waals surface area contributed by atoms with Crippen LogP contribution in [0.25, 0.3) is 0 Å². The van der Waals surface area contributed by atoms with Crippen LogP contribution in [0.3, 0.4) is 0 Å². The Hall–Kier alpha value is -0.990. The number of rotatable bonds is 2. The summed E-state index contributed by atoms with van der Waals surface area (Å²) in [5, 5.41) is 5.08. The number of nitrogens with one attached hydrogen (secondary N) is 2. The van der Waals surface area contributed by atoms with Gasteiger partial charge in [-0.25, -0.2) is 4.79 Å². The first-order valence-electron chi connectivity index (χ1n) is 2.96. The van der Waals surface area contributed by atoms with E-state index in [0.717, 1.165) is 0 Å². The largest absolute Gasteiger partial charge is 0.338 e. The molecule has 0 bridgehead atoms. The van der Waals surface area contributed by atoms with Crippen LogP contribution in [0.1, 0.15) is 13.8 Å². The van der Waals surface area contributed by atoms with Crippen molar-refractivity contribution in [1.82, 2.24) is 10.6 Å². The maximum Gasteiger partial charge on any atom is 0.318 e. The molecular weight excluding hydrogens is 116 g/mol. The molecule has 0 rings (SSSR count). The maximum atomic E-state index is 10.5. The summed E-state index contributed by atoms with van der Waals surface area (Å²) >= 11 is 0. The zero-order chi connectivity index (χ0) is 7.11. The number of allylic oxidation sites excluding steroid dienone is 1. The molecule has 0 unspecified atom stereocenters. The minimum absolute atomic E-state index is 0.157. The highest BCUT2D eigenvalue weighted by Crippen LogP contribution is 1.65. The summed E-state index contributed by atoms with van der Waals surface area (Å²) < 4.78 is 0. The van der Waals surface area contributed by atoms with Crippen LogP contribution in [0.15, 0.2) is 12.3 Å². The molecule has 0 aromatic rings. The topological polar surface area (TPSA) is 41.1 Å². The van der Waals surface area contributed by atoms with Crippen molar-refractivity contribution in [3.05, 3.63) is 12.3 Å². The van der Waals surface area contributed by atoms with Gasteiger partial charge in [-0.2, -0.15) is 0 Å². The van der Waals surface area contributed by atoms with Crippen molar-refractivity contribution in [1.29, 1.82) is 0 Å². The van der Waals surface area contributed by atoms with Crippen LogP contribution in [0.5, 0.6) is 0 Å². The van der Waals surface area contributed by atoms with Gasteiger partial charge in [0.2, 0.25) is 0 Å². The van der Waals surface area contributed by atoms with Crippen molar-refractivity contribution in [3.8, 4) is 0 Å². The lowest BCUT2D eigenvalue weighted by Gasteiger charge is -1.97. The Morgan fingerprint density at radius 2 is 2.33 bits per heavy atom. The number of hydrogen-bond donors (Lipinski definition) is 2. The minimum Gasteiger partial charge on any atom is -0.338 e. The third-order valence-corrected chi connectivity index (χ3v) is 0.718. The van der Waals surface area contributed by atoms with Gasteiger partial charge in [0.1, 0.15) is 0 Å². The molecule has 0 saturated carbocycles. The Morgan fingerprint density at radius 3 is 2.78 bits per heavy atom. The molecule has 0 aromatic carbocycles. The molecule has 52 valence electrons. The van der Waals surface area contributed by atoms with Crippen molar-refractivity contribution in [2.24, 2.45) is 0 Å². The van der Waals surface area contributed by atoms with Crippen molar-refractivity contribution in [2.75, 3.05) is 6.54 Å². The molecule has 0 aliphatic carbocycles. The molecule has 3 heteroatoms. The van der Waals surface area contributed by atoms with Crippen LogP contribution in [0, 0.1) is 0 Å². The molecule has 2 N–H and O–H groups in total. The smallest absolute Gasteiger partial charge is 0.318 e. The molecule has 0 aliphatic heterocycles. The predicted octanol–water partition coefficient (Wildman–Crippen LogP) is 0.839. The summed E-state index contributed by atoms with van der Waals surface area (Å²) in [4.78, 5) is 10.5. The number of carbonyl (C=O) groups excluding carboxylic acids is 1. The van der Waals surface area contributed by atoms with Crippen LogP contribution in [-0.2, 0) is 0 Å². The van der Waals surface area contributed by atoms with E-state index in [-0.39, 0.29) is 6.03 Å². The predicted molar refractivity (Wildman–Crippen MR) is 37.0 cm³/mol. The summed E-state index contributed by atoms with van der Waals surface area (Å²) in [5.74, 6) is 0. The van der Waals surface area contributed by atoms with Crippen LogP contribution < -0.4 is 10.6 Å². The zero-order valence-electron chi connectivity index (χ0n) is 5.77. The number of carbonyl (C=O) groups is 1. The monoisotopic (exact) mass is 128 g/mol. The van der Waals surface area contributed by atoms with Crippen molar-refractivity contribution in [3.63, 3.8) is 0 Å². The Labute approximate surface area is 55.1 Å². The van der Waals surface area contributed by atoms with Gasteiger partial charge in [0.15, 0.2) is 0 Å². The summed E-state index contributed by atoms with van der Waals surface area (Å²) in [6, 6.07) is -0.157. The van der Waals surface area contributed by atoms with Gasteiger partial charge in [-0.15, -0.1) is 0 Å². The van der Waals surface area contributed by atoms with Gasteiger partial charge < -0.3 is 10.6 Å². The summed E-state index contributed by atoms with van der Waals surface area (Å²) in [6.45, 7) is 4.37. The van der Waals surface area contributed by atoms with E-state index in [1.165, 1.54) is 0 Å². The number of amides is 2. The molecular formula is C6H12N2O. The van der Waals surface area contributed by atoms with Crippen LogP contribution >= 0.6 is 0 Å². The third-order valence-electron chi connectivity index (χ3n) is 0.718. The second-order valence-corrected chi connectivity index (χ2v) is 1.50. The average molecular weight is 128 g/mol. The molecule has 3 nitrogen and oxygen atoms in total. The second kappa shape index (κ2) is 5.15. The first-order chi connectivity index (χ1) is 4.31. The van der Waals surface area contributed by atoms with Gasteiger partial charge >= 0.3 is 6.03 Å². The molecule has 2 amide bonds. The minimum atomic E-state index is -0.157. The SMILES string of the molecule is C/C=C/NC(=O)NCC. The molecule has 0 fully saturated rings. The van der Waals surface area contributed by atoms with Crippen LogP contribution in [0.2, 0.25) is 0 Å². The molecule has 0 aromatic heterocycles. The summed E-state index contributed by atoms with van der Waals surface area (Å²) in [6.07, 6.45) is 3.35. The van der Waals surface area contributed by atoms with Crippen molar-refractivity contribution >= 4 is 6.03 Å². The normalized spacial score (nSPS) is 9.56. The number of urea groups is 1. The fourth-order valence-electron chi connectivity index (χ4n) is 0.371. The first kappa shape index (κ1) is 8.01. The Kier molecular flexibility index (Phi) is 4.59. The van der Waals surface area contributed by atoms with E-state index in [9.17, 15) is 4.79 Å². The van der Waals surface area contributed by atoms with Gasteiger partial charge in [-0.3, -0.25) is 0 Å². The van der Waals surface area contributed by atoms with Crippen LogP contribution in [-0.4, -0.2) is 12.6 Å². The summed E-state index contributed by atoms with van der Waals surface area (Å²) in [5.41, 5.74) is 0. The maximum absolute atomic E-state index is 10.5. The zero-order valence-corrected chi connectivity index (χ0v) is 5.77. The average Bonchev–Trinajstić information content (AvgIpc) is 1.85. The lowest BCUT2D eigenvalue weighted by molar-refractivity contribution is 0.244. The molecule has 9 heavy (non-hydrogen) atoms. The van der Waals surface area contributed by atoms with Gasteiger partial charge in [0.25, 0.3) is 0 Å². The quantitative estimate of drug-likeness (QED) is 0.568. The van der Waals surface area contributed by atoms with Gasteiger partial charge in [0.05, 0.1) is 0 Å². The van der Waals surface area contributed by atoms with Crippen molar-refractivity contribution in [2.45, 2.75) is 13.8 Å². The van der Waals surface area contributed by atoms with Gasteiger partial charge in [0, 0.05) is 12.7 Å². The fourth-order valence-corrected chi connectivity index (χ4v) is 0.371. The van der Waals surface area contributed by atoms with E-state index in [1.54, 1.807) is 12.3 Å². The highest BCUT2D eigenvalue weighted by Gasteiger charge is 1.88. The van der Waals surface area contributed by atoms with E-state index in [2.05, 4.69) is 10.6 Å². The van der Waals surface area contributed by atoms with E-state index in [4.69, 9.17) is 0 Å². The molecule has 0 atom stereocenters. The molecule has 0 saturated heterocycles. The first-order valence-corrected chi connectivity index (χ1v) is 2.96. The van der Waals surface area contributed by atoms with E-state index in [1.807, 2.05) is 13.8 Å². The van der Waals surface area contributed by atoms with E-state index >= 15 is 0 Å². The Balaban J connectivity index is 3.27. The molecule has 0 spiro atoms. The second-order valence-electron chi connectivity index (χ2n) is 1.50. The third kappa shape index (κ3) is 4.87. The highest BCUT2D eigenvalue weighted by molar-refractivity contribution is 5.74. The Morgan fingerprint density at radius 1 is 1.67 bits per heavy atom. The lowest BCUT2D eigenvalue weighted by atomic mass is 10.7. The summed E-state index contributed by atoms with van der Waals surface area (Å²) in [7, 11) is 0. The van der Waals surface area contributed by atoms with Gasteiger partial charge in [-0.1, -0.05) is 6.08 Å².